The van der Waals surface area contributed by atoms with Crippen LogP contribution in [-0.2, 0) is 17.5 Å². The van der Waals surface area contributed by atoms with E-state index in [-0.39, 0.29) is 11.9 Å². The molecule has 2 aromatic rings. The summed E-state index contributed by atoms with van der Waals surface area (Å²) in [6, 6.07) is 4.44. The van der Waals surface area contributed by atoms with E-state index < -0.39 is 11.7 Å². The zero-order chi connectivity index (χ0) is 16.9. The molecule has 1 aromatic heterocycles. The van der Waals surface area contributed by atoms with Crippen LogP contribution >= 0.6 is 0 Å². The number of rotatable bonds is 6. The minimum absolute atomic E-state index is 0.155. The van der Waals surface area contributed by atoms with Crippen LogP contribution in [-0.4, -0.2) is 20.7 Å². The molecule has 23 heavy (non-hydrogen) atoms. The van der Waals surface area contributed by atoms with Gasteiger partial charge in [-0.05, 0) is 31.0 Å². The van der Waals surface area contributed by atoms with Crippen LogP contribution in [0.4, 0.5) is 13.2 Å². The maximum atomic E-state index is 12.5. The van der Waals surface area contributed by atoms with Gasteiger partial charge in [0, 0.05) is 13.0 Å². The summed E-state index contributed by atoms with van der Waals surface area (Å²) in [5.41, 5.74) is -0.0739. The molecule has 1 amide bonds. The van der Waals surface area contributed by atoms with E-state index >= 15 is 0 Å². The molecule has 124 valence electrons. The minimum Gasteiger partial charge on any atom is -0.350 e. The number of alkyl halides is 3. The third kappa shape index (κ3) is 5.08. The van der Waals surface area contributed by atoms with E-state index in [0.29, 0.717) is 24.9 Å². The summed E-state index contributed by atoms with van der Waals surface area (Å²) in [5.74, 6) is -0.155. The molecule has 0 aliphatic rings. The van der Waals surface area contributed by atoms with Crippen molar-refractivity contribution in [3.05, 3.63) is 48.0 Å². The fourth-order valence-corrected chi connectivity index (χ4v) is 2.11. The largest absolute Gasteiger partial charge is 0.416 e. The zero-order valence-corrected chi connectivity index (χ0v) is 12.5. The topological polar surface area (TPSA) is 59.8 Å². The maximum absolute atomic E-state index is 12.5. The Labute approximate surface area is 131 Å². The molecule has 1 N–H and O–H groups in total. The molecule has 0 aliphatic carbocycles. The minimum atomic E-state index is -4.35. The molecule has 0 spiro atoms. The number of carbonyl (C=O) groups is 1. The summed E-state index contributed by atoms with van der Waals surface area (Å²) in [4.78, 5) is 15.6. The van der Waals surface area contributed by atoms with E-state index in [9.17, 15) is 18.0 Å². The Balaban J connectivity index is 1.81. The third-order valence-corrected chi connectivity index (χ3v) is 3.37. The fourth-order valence-electron chi connectivity index (χ4n) is 2.11. The van der Waals surface area contributed by atoms with Crippen molar-refractivity contribution in [3.63, 3.8) is 0 Å². The maximum Gasteiger partial charge on any atom is 0.416 e. The molecule has 0 fully saturated rings. The number of nitrogens with one attached hydrogen (secondary N) is 1. The standard InChI is InChI=1S/C15H17F3N4O/c1-11(12-4-6-13(7-5-12)15(16,17)18)21-14(23)3-2-8-22-10-19-9-20-22/h4-7,9-11H,2-3,8H2,1H3,(H,21,23)/t11-/m1/s1. The third-order valence-electron chi connectivity index (χ3n) is 3.37. The highest BCUT2D eigenvalue weighted by Gasteiger charge is 2.30. The van der Waals surface area contributed by atoms with E-state index in [0.717, 1.165) is 12.1 Å². The number of hydrogen-bond acceptors (Lipinski definition) is 3. The number of hydrogen-bond donors (Lipinski definition) is 1. The van der Waals surface area contributed by atoms with Crippen LogP contribution in [0.2, 0.25) is 0 Å². The fraction of sp³-hybridized carbons (Fsp3) is 0.400. The van der Waals surface area contributed by atoms with Crippen LogP contribution in [0.25, 0.3) is 0 Å². The molecule has 0 unspecified atom stereocenters. The summed E-state index contributed by atoms with van der Waals surface area (Å²) in [6.07, 6.45) is -0.443. The van der Waals surface area contributed by atoms with Crippen LogP contribution in [0.3, 0.4) is 0 Å². The average molecular weight is 326 g/mol. The predicted molar refractivity (Wildman–Crippen MR) is 77.3 cm³/mol. The second-order valence-electron chi connectivity index (χ2n) is 5.17. The number of aromatic nitrogens is 3. The first-order valence-electron chi connectivity index (χ1n) is 7.15. The van der Waals surface area contributed by atoms with Crippen molar-refractivity contribution in [3.8, 4) is 0 Å². The lowest BCUT2D eigenvalue weighted by atomic mass is 10.1. The Hall–Kier alpha value is -2.38. The first kappa shape index (κ1) is 17.0. The second kappa shape index (κ2) is 7.26. The number of carbonyl (C=O) groups excluding carboxylic acids is 1. The Kier molecular flexibility index (Phi) is 5.36. The number of nitrogens with zero attached hydrogens (tertiary/aromatic N) is 3. The predicted octanol–water partition coefficient (Wildman–Crippen LogP) is 2.95. The average Bonchev–Trinajstić information content (AvgIpc) is 2.99. The summed E-state index contributed by atoms with van der Waals surface area (Å²) in [5, 5.41) is 6.70. The molecule has 1 atom stereocenters. The molecule has 2 rings (SSSR count). The van der Waals surface area contributed by atoms with Crippen LogP contribution in [0.15, 0.2) is 36.9 Å². The van der Waals surface area contributed by atoms with Gasteiger partial charge in [0.1, 0.15) is 12.7 Å². The molecule has 0 saturated heterocycles. The van der Waals surface area contributed by atoms with E-state index in [1.54, 1.807) is 17.9 Å². The van der Waals surface area contributed by atoms with E-state index in [1.807, 2.05) is 0 Å². The van der Waals surface area contributed by atoms with Gasteiger partial charge in [-0.2, -0.15) is 18.3 Å². The first-order valence-corrected chi connectivity index (χ1v) is 7.15. The van der Waals surface area contributed by atoms with Gasteiger partial charge in [-0.25, -0.2) is 4.98 Å². The van der Waals surface area contributed by atoms with Gasteiger partial charge in [0.05, 0.1) is 11.6 Å². The molecule has 1 heterocycles. The Morgan fingerprint density at radius 1 is 1.30 bits per heavy atom. The van der Waals surface area contributed by atoms with Gasteiger partial charge in [-0.15, -0.1) is 0 Å². The van der Waals surface area contributed by atoms with Gasteiger partial charge < -0.3 is 5.32 Å². The molecule has 0 bridgehead atoms. The van der Waals surface area contributed by atoms with Crippen LogP contribution in [0, 0.1) is 0 Å². The van der Waals surface area contributed by atoms with Gasteiger partial charge in [0.15, 0.2) is 0 Å². The Morgan fingerprint density at radius 3 is 2.57 bits per heavy atom. The first-order chi connectivity index (χ1) is 10.9. The van der Waals surface area contributed by atoms with E-state index in [1.165, 1.54) is 18.5 Å². The quantitative estimate of drug-likeness (QED) is 0.888. The van der Waals surface area contributed by atoms with Crippen LogP contribution in [0.5, 0.6) is 0 Å². The van der Waals surface area contributed by atoms with Gasteiger partial charge in [-0.1, -0.05) is 12.1 Å². The van der Waals surface area contributed by atoms with Crippen molar-refractivity contribution in [2.24, 2.45) is 0 Å². The Morgan fingerprint density at radius 2 is 2.00 bits per heavy atom. The van der Waals surface area contributed by atoms with Crippen molar-refractivity contribution in [1.82, 2.24) is 20.1 Å². The summed E-state index contributed by atoms with van der Waals surface area (Å²) >= 11 is 0. The van der Waals surface area contributed by atoms with E-state index in [4.69, 9.17) is 0 Å². The molecular weight excluding hydrogens is 309 g/mol. The molecular formula is C15H17F3N4O. The molecule has 0 aliphatic heterocycles. The summed E-state index contributed by atoms with van der Waals surface area (Å²) in [6.45, 7) is 2.32. The highest BCUT2D eigenvalue weighted by molar-refractivity contribution is 5.76. The van der Waals surface area contributed by atoms with Crippen LogP contribution < -0.4 is 5.32 Å². The van der Waals surface area contributed by atoms with Crippen molar-refractivity contribution < 1.29 is 18.0 Å². The highest BCUT2D eigenvalue weighted by Crippen LogP contribution is 2.29. The van der Waals surface area contributed by atoms with Crippen molar-refractivity contribution in [2.75, 3.05) is 0 Å². The van der Waals surface area contributed by atoms with Crippen molar-refractivity contribution >= 4 is 5.91 Å². The number of benzene rings is 1. The molecule has 0 radical (unpaired) electrons. The Bertz CT molecular complexity index is 623. The van der Waals surface area contributed by atoms with Gasteiger partial charge >= 0.3 is 6.18 Å². The lowest BCUT2D eigenvalue weighted by molar-refractivity contribution is -0.137. The molecule has 1 aromatic carbocycles. The second-order valence-corrected chi connectivity index (χ2v) is 5.17. The summed E-state index contributed by atoms with van der Waals surface area (Å²) in [7, 11) is 0. The van der Waals surface area contributed by atoms with Gasteiger partial charge in [0.25, 0.3) is 0 Å². The van der Waals surface area contributed by atoms with Gasteiger partial charge in [0.2, 0.25) is 5.91 Å². The highest BCUT2D eigenvalue weighted by atomic mass is 19.4. The molecule has 8 heteroatoms. The van der Waals surface area contributed by atoms with Crippen molar-refractivity contribution in [1.29, 1.82) is 0 Å². The number of amides is 1. The van der Waals surface area contributed by atoms with Crippen molar-refractivity contribution in [2.45, 2.75) is 38.5 Å². The zero-order valence-electron chi connectivity index (χ0n) is 12.5. The van der Waals surface area contributed by atoms with Crippen LogP contribution in [0.1, 0.15) is 36.9 Å². The normalized spacial score (nSPS) is 12.9. The molecule has 0 saturated carbocycles. The lowest BCUT2D eigenvalue weighted by Crippen LogP contribution is -2.26. The van der Waals surface area contributed by atoms with E-state index in [2.05, 4.69) is 15.4 Å². The number of aryl methyl sites for hydroxylation is 1. The monoisotopic (exact) mass is 326 g/mol. The number of halogens is 3. The van der Waals surface area contributed by atoms with Gasteiger partial charge in [-0.3, -0.25) is 9.48 Å². The lowest BCUT2D eigenvalue weighted by Gasteiger charge is -2.15. The molecule has 5 nitrogen and oxygen atoms in total. The summed E-state index contributed by atoms with van der Waals surface area (Å²) < 4.78 is 39.1. The SMILES string of the molecule is C[C@@H](NC(=O)CCCn1cncn1)c1ccc(C(F)(F)F)cc1. The smallest absolute Gasteiger partial charge is 0.350 e.